The van der Waals surface area contributed by atoms with E-state index < -0.39 is 0 Å². The average Bonchev–Trinajstić information content (AvgIpc) is 2.33. The van der Waals surface area contributed by atoms with E-state index in [1.807, 2.05) is 12.1 Å². The fraction of sp³-hybridized carbons (Fsp3) is 0.444. The smallest absolute Gasteiger partial charge is 0.169 e. The van der Waals surface area contributed by atoms with Crippen LogP contribution in [-0.2, 0) is 0 Å². The summed E-state index contributed by atoms with van der Waals surface area (Å²) in [5, 5.41) is 0. The van der Waals surface area contributed by atoms with Crippen molar-refractivity contribution in [1.29, 1.82) is 0 Å². The summed E-state index contributed by atoms with van der Waals surface area (Å²) in [5.74, 6) is 0.704. The Morgan fingerprint density at radius 3 is 2.36 bits per heavy atom. The SMILES string of the molecule is CC(=O)c1ccc(C(C)C)s1. The molecule has 1 rings (SSSR count). The van der Waals surface area contributed by atoms with Crippen LogP contribution in [0.4, 0.5) is 0 Å². The van der Waals surface area contributed by atoms with Gasteiger partial charge in [-0.2, -0.15) is 0 Å². The summed E-state index contributed by atoms with van der Waals surface area (Å²) in [4.78, 5) is 13.0. The molecule has 0 aliphatic heterocycles. The fourth-order valence-electron chi connectivity index (χ4n) is 0.852. The topological polar surface area (TPSA) is 17.1 Å². The lowest BCUT2D eigenvalue weighted by atomic mass is 10.2. The second kappa shape index (κ2) is 3.18. The Morgan fingerprint density at radius 1 is 1.45 bits per heavy atom. The summed E-state index contributed by atoms with van der Waals surface area (Å²) in [6, 6.07) is 3.94. The molecule has 1 aromatic rings. The summed E-state index contributed by atoms with van der Waals surface area (Å²) < 4.78 is 0. The van der Waals surface area contributed by atoms with Crippen molar-refractivity contribution >= 4 is 17.1 Å². The van der Waals surface area contributed by atoms with Gasteiger partial charge in [0.2, 0.25) is 0 Å². The zero-order valence-corrected chi connectivity index (χ0v) is 7.87. The van der Waals surface area contributed by atoms with Crippen molar-refractivity contribution < 1.29 is 4.79 Å². The lowest BCUT2D eigenvalue weighted by molar-refractivity contribution is 0.102. The Hall–Kier alpha value is -0.630. The van der Waals surface area contributed by atoms with E-state index >= 15 is 0 Å². The average molecular weight is 168 g/mol. The maximum absolute atomic E-state index is 10.9. The standard InChI is InChI=1S/C9H12OS/c1-6(2)8-4-5-9(11-8)7(3)10/h4-6H,1-3H3. The molecule has 0 spiro atoms. The van der Waals surface area contributed by atoms with Crippen molar-refractivity contribution in [3.8, 4) is 0 Å². The van der Waals surface area contributed by atoms with E-state index in [0.717, 1.165) is 4.88 Å². The molecule has 0 unspecified atom stereocenters. The summed E-state index contributed by atoms with van der Waals surface area (Å²) in [6.45, 7) is 5.88. The Labute approximate surface area is 71.1 Å². The fourth-order valence-corrected chi connectivity index (χ4v) is 1.76. The highest BCUT2D eigenvalue weighted by Crippen LogP contribution is 2.24. The van der Waals surface area contributed by atoms with Crippen molar-refractivity contribution in [2.24, 2.45) is 0 Å². The number of rotatable bonds is 2. The van der Waals surface area contributed by atoms with Gasteiger partial charge in [0.1, 0.15) is 0 Å². The predicted molar refractivity (Wildman–Crippen MR) is 48.4 cm³/mol. The third-order valence-corrected chi connectivity index (χ3v) is 3.03. The molecule has 0 radical (unpaired) electrons. The minimum atomic E-state index is 0.168. The first-order valence-electron chi connectivity index (χ1n) is 3.72. The Morgan fingerprint density at radius 2 is 2.09 bits per heavy atom. The van der Waals surface area contributed by atoms with Crippen molar-refractivity contribution in [1.82, 2.24) is 0 Å². The number of Topliss-reactive ketones (excluding diaryl/α,β-unsaturated/α-hetero) is 1. The molecule has 11 heavy (non-hydrogen) atoms. The number of ketones is 1. The zero-order chi connectivity index (χ0) is 8.43. The Kier molecular flexibility index (Phi) is 2.45. The second-order valence-electron chi connectivity index (χ2n) is 2.91. The predicted octanol–water partition coefficient (Wildman–Crippen LogP) is 3.07. The van der Waals surface area contributed by atoms with E-state index in [1.54, 1.807) is 18.3 Å². The van der Waals surface area contributed by atoms with Gasteiger partial charge in [-0.25, -0.2) is 0 Å². The third-order valence-electron chi connectivity index (χ3n) is 1.54. The number of carbonyl (C=O) groups excluding carboxylic acids is 1. The summed E-state index contributed by atoms with van der Waals surface area (Å²) in [6.07, 6.45) is 0. The molecule has 60 valence electrons. The first kappa shape index (κ1) is 8.47. The van der Waals surface area contributed by atoms with Gasteiger partial charge in [-0.1, -0.05) is 13.8 Å². The molecule has 0 N–H and O–H groups in total. The molecular formula is C9H12OS. The first-order valence-corrected chi connectivity index (χ1v) is 4.53. The summed E-state index contributed by atoms with van der Waals surface area (Å²) >= 11 is 1.60. The van der Waals surface area contributed by atoms with Crippen LogP contribution in [0.15, 0.2) is 12.1 Å². The van der Waals surface area contributed by atoms with E-state index in [-0.39, 0.29) is 5.78 Å². The molecule has 0 aliphatic rings. The van der Waals surface area contributed by atoms with Crippen LogP contribution < -0.4 is 0 Å². The van der Waals surface area contributed by atoms with Gasteiger partial charge in [0.25, 0.3) is 0 Å². The van der Waals surface area contributed by atoms with Gasteiger partial charge < -0.3 is 0 Å². The minimum Gasteiger partial charge on any atom is -0.294 e. The van der Waals surface area contributed by atoms with Gasteiger partial charge in [-0.3, -0.25) is 4.79 Å². The molecule has 0 bridgehead atoms. The molecule has 0 aromatic carbocycles. The quantitative estimate of drug-likeness (QED) is 0.620. The molecule has 0 saturated carbocycles. The molecule has 1 aromatic heterocycles. The Bertz CT molecular complexity index is 260. The van der Waals surface area contributed by atoms with Crippen LogP contribution in [0.5, 0.6) is 0 Å². The zero-order valence-electron chi connectivity index (χ0n) is 7.05. The highest BCUT2D eigenvalue weighted by molar-refractivity contribution is 7.14. The van der Waals surface area contributed by atoms with E-state index in [9.17, 15) is 4.79 Å². The van der Waals surface area contributed by atoms with Crippen LogP contribution in [0, 0.1) is 0 Å². The monoisotopic (exact) mass is 168 g/mol. The normalized spacial score (nSPS) is 10.5. The summed E-state index contributed by atoms with van der Waals surface area (Å²) in [5.41, 5.74) is 0. The molecular weight excluding hydrogens is 156 g/mol. The van der Waals surface area contributed by atoms with E-state index in [1.165, 1.54) is 4.88 Å². The second-order valence-corrected chi connectivity index (χ2v) is 4.03. The van der Waals surface area contributed by atoms with Crippen LogP contribution in [0.1, 0.15) is 41.2 Å². The molecule has 2 heteroatoms. The maximum atomic E-state index is 10.9. The molecule has 0 fully saturated rings. The van der Waals surface area contributed by atoms with Gasteiger partial charge in [-0.05, 0) is 25.0 Å². The van der Waals surface area contributed by atoms with Gasteiger partial charge in [0.15, 0.2) is 5.78 Å². The maximum Gasteiger partial charge on any atom is 0.169 e. The van der Waals surface area contributed by atoms with E-state index in [2.05, 4.69) is 13.8 Å². The number of thiophene rings is 1. The number of carbonyl (C=O) groups is 1. The Balaban J connectivity index is 2.90. The molecule has 0 saturated heterocycles. The van der Waals surface area contributed by atoms with Crippen LogP contribution in [0.3, 0.4) is 0 Å². The lowest BCUT2D eigenvalue weighted by Gasteiger charge is -1.96. The van der Waals surface area contributed by atoms with Crippen molar-refractivity contribution in [3.63, 3.8) is 0 Å². The molecule has 0 aliphatic carbocycles. The highest BCUT2D eigenvalue weighted by Gasteiger charge is 2.05. The van der Waals surface area contributed by atoms with Gasteiger partial charge in [0, 0.05) is 4.88 Å². The highest BCUT2D eigenvalue weighted by atomic mass is 32.1. The van der Waals surface area contributed by atoms with Crippen molar-refractivity contribution in [3.05, 3.63) is 21.9 Å². The minimum absolute atomic E-state index is 0.168. The van der Waals surface area contributed by atoms with Crippen LogP contribution >= 0.6 is 11.3 Å². The van der Waals surface area contributed by atoms with Crippen LogP contribution in [-0.4, -0.2) is 5.78 Å². The molecule has 0 atom stereocenters. The molecule has 1 heterocycles. The van der Waals surface area contributed by atoms with E-state index in [4.69, 9.17) is 0 Å². The van der Waals surface area contributed by atoms with E-state index in [0.29, 0.717) is 5.92 Å². The lowest BCUT2D eigenvalue weighted by Crippen LogP contribution is -1.84. The van der Waals surface area contributed by atoms with Crippen molar-refractivity contribution in [2.45, 2.75) is 26.7 Å². The van der Waals surface area contributed by atoms with Gasteiger partial charge >= 0.3 is 0 Å². The summed E-state index contributed by atoms with van der Waals surface area (Å²) in [7, 11) is 0. The number of hydrogen-bond donors (Lipinski definition) is 0. The molecule has 1 nitrogen and oxygen atoms in total. The van der Waals surface area contributed by atoms with Gasteiger partial charge in [-0.15, -0.1) is 11.3 Å². The first-order chi connectivity index (χ1) is 5.11. The van der Waals surface area contributed by atoms with Crippen LogP contribution in [0.25, 0.3) is 0 Å². The third kappa shape index (κ3) is 1.90. The largest absolute Gasteiger partial charge is 0.294 e. The van der Waals surface area contributed by atoms with Crippen LogP contribution in [0.2, 0.25) is 0 Å². The van der Waals surface area contributed by atoms with Crippen molar-refractivity contribution in [2.75, 3.05) is 0 Å². The molecule has 0 amide bonds. The van der Waals surface area contributed by atoms with Gasteiger partial charge in [0.05, 0.1) is 4.88 Å². The number of hydrogen-bond acceptors (Lipinski definition) is 2.